The van der Waals surface area contributed by atoms with Gasteiger partial charge in [0.15, 0.2) is 0 Å². The van der Waals surface area contributed by atoms with Crippen LogP contribution in [0.25, 0.3) is 0 Å². The topological polar surface area (TPSA) is 45.2 Å². The van der Waals surface area contributed by atoms with E-state index in [1.165, 1.54) is 0 Å². The summed E-state index contributed by atoms with van der Waals surface area (Å²) >= 11 is 0. The second-order valence-electron chi connectivity index (χ2n) is 5.36. The molecule has 108 valence electrons. The highest BCUT2D eigenvalue weighted by molar-refractivity contribution is 5.95. The summed E-state index contributed by atoms with van der Waals surface area (Å²) in [6.45, 7) is 3.53. The summed E-state index contributed by atoms with van der Waals surface area (Å²) in [7, 11) is 0. The molecule has 1 fully saturated rings. The molecular weight excluding hydrogens is 262 g/mol. The van der Waals surface area contributed by atoms with Gasteiger partial charge in [-0.1, -0.05) is 12.1 Å². The van der Waals surface area contributed by atoms with Crippen LogP contribution in [0.2, 0.25) is 0 Å². The third-order valence-corrected chi connectivity index (χ3v) is 3.70. The lowest BCUT2D eigenvalue weighted by Gasteiger charge is -2.17. The quantitative estimate of drug-likeness (QED) is 0.936. The van der Waals surface area contributed by atoms with E-state index in [1.54, 1.807) is 0 Å². The van der Waals surface area contributed by atoms with Crippen LogP contribution in [0.15, 0.2) is 42.6 Å². The van der Waals surface area contributed by atoms with Gasteiger partial charge in [-0.15, -0.1) is 0 Å². The Kier molecular flexibility index (Phi) is 3.86. The van der Waals surface area contributed by atoms with Crippen LogP contribution in [0.3, 0.4) is 0 Å². The lowest BCUT2D eigenvalue weighted by molar-refractivity contribution is -0.117. The molecule has 4 nitrogen and oxygen atoms in total. The van der Waals surface area contributed by atoms with Crippen LogP contribution in [-0.2, 0) is 11.3 Å². The van der Waals surface area contributed by atoms with Crippen LogP contribution < -0.4 is 10.2 Å². The Bertz CT molecular complexity index is 637. The average Bonchev–Trinajstić information content (AvgIpc) is 2.93. The zero-order valence-electron chi connectivity index (χ0n) is 12.2. The van der Waals surface area contributed by atoms with E-state index in [9.17, 15) is 4.79 Å². The Balaban J connectivity index is 1.68. The van der Waals surface area contributed by atoms with Gasteiger partial charge in [0.25, 0.3) is 0 Å². The van der Waals surface area contributed by atoms with Crippen LogP contribution >= 0.6 is 0 Å². The monoisotopic (exact) mass is 281 g/mol. The van der Waals surface area contributed by atoms with Crippen molar-refractivity contribution in [1.82, 2.24) is 4.98 Å². The highest BCUT2D eigenvalue weighted by atomic mass is 16.2. The Labute approximate surface area is 124 Å². The average molecular weight is 281 g/mol. The van der Waals surface area contributed by atoms with Crippen molar-refractivity contribution in [2.24, 2.45) is 0 Å². The van der Waals surface area contributed by atoms with E-state index in [-0.39, 0.29) is 5.91 Å². The summed E-state index contributed by atoms with van der Waals surface area (Å²) in [5, 5.41) is 3.38. The number of nitrogens with one attached hydrogen (secondary N) is 1. The summed E-state index contributed by atoms with van der Waals surface area (Å²) in [6.07, 6.45) is 3.49. The van der Waals surface area contributed by atoms with Crippen molar-refractivity contribution in [3.8, 4) is 0 Å². The molecule has 0 saturated carbocycles. The molecule has 0 atom stereocenters. The number of anilines is 2. The van der Waals surface area contributed by atoms with Crippen molar-refractivity contribution in [3.63, 3.8) is 0 Å². The fourth-order valence-electron chi connectivity index (χ4n) is 2.51. The molecule has 0 unspecified atom stereocenters. The van der Waals surface area contributed by atoms with Gasteiger partial charge in [0.2, 0.25) is 5.91 Å². The Morgan fingerprint density at radius 3 is 2.90 bits per heavy atom. The molecule has 1 saturated heterocycles. The van der Waals surface area contributed by atoms with Crippen molar-refractivity contribution in [2.75, 3.05) is 16.8 Å². The van der Waals surface area contributed by atoms with Crippen molar-refractivity contribution in [3.05, 3.63) is 53.9 Å². The third-order valence-electron chi connectivity index (χ3n) is 3.70. The fraction of sp³-hybridized carbons (Fsp3) is 0.294. The smallest absolute Gasteiger partial charge is 0.227 e. The van der Waals surface area contributed by atoms with Gasteiger partial charge in [0, 0.05) is 42.8 Å². The molecule has 0 radical (unpaired) electrons. The standard InChI is InChI=1S/C17H19N3O/c1-13-7-8-14(11-18-13)12-19-15-4-2-5-16(10-15)20-9-3-6-17(20)21/h2,4-5,7-8,10-11,19H,3,6,9,12H2,1H3. The number of carbonyl (C=O) groups excluding carboxylic acids is 1. The number of pyridine rings is 1. The molecule has 1 aromatic heterocycles. The van der Waals surface area contributed by atoms with Crippen molar-refractivity contribution >= 4 is 17.3 Å². The summed E-state index contributed by atoms with van der Waals surface area (Å²) < 4.78 is 0. The molecule has 0 aliphatic carbocycles. The number of aryl methyl sites for hydroxylation is 1. The molecule has 1 aliphatic rings. The minimum Gasteiger partial charge on any atom is -0.381 e. The number of nitrogens with zero attached hydrogens (tertiary/aromatic N) is 2. The zero-order valence-corrected chi connectivity index (χ0v) is 12.2. The molecule has 0 spiro atoms. The van der Waals surface area contributed by atoms with Crippen molar-refractivity contribution < 1.29 is 4.79 Å². The second-order valence-corrected chi connectivity index (χ2v) is 5.36. The van der Waals surface area contributed by atoms with Gasteiger partial charge in [0.05, 0.1) is 0 Å². The lowest BCUT2D eigenvalue weighted by Crippen LogP contribution is -2.23. The molecule has 21 heavy (non-hydrogen) atoms. The molecule has 4 heteroatoms. The first-order chi connectivity index (χ1) is 10.2. The van der Waals surface area contributed by atoms with Crippen LogP contribution in [0.1, 0.15) is 24.1 Å². The zero-order chi connectivity index (χ0) is 14.7. The van der Waals surface area contributed by atoms with E-state index in [0.717, 1.165) is 42.1 Å². The fourth-order valence-corrected chi connectivity index (χ4v) is 2.51. The van der Waals surface area contributed by atoms with E-state index in [0.29, 0.717) is 6.42 Å². The number of amides is 1. The Morgan fingerprint density at radius 1 is 1.29 bits per heavy atom. The van der Waals surface area contributed by atoms with E-state index in [1.807, 2.05) is 48.4 Å². The normalized spacial score (nSPS) is 14.5. The van der Waals surface area contributed by atoms with Gasteiger partial charge in [-0.05, 0) is 43.2 Å². The predicted octanol–water partition coefficient (Wildman–Crippen LogP) is 3.13. The molecule has 3 rings (SSSR count). The maximum absolute atomic E-state index is 11.8. The molecule has 1 aromatic carbocycles. The molecule has 2 aromatic rings. The Morgan fingerprint density at radius 2 is 2.19 bits per heavy atom. The minimum absolute atomic E-state index is 0.217. The minimum atomic E-state index is 0.217. The first-order valence-corrected chi connectivity index (χ1v) is 7.28. The summed E-state index contributed by atoms with van der Waals surface area (Å²) in [6, 6.07) is 12.1. The molecule has 1 N–H and O–H groups in total. The van der Waals surface area contributed by atoms with E-state index < -0.39 is 0 Å². The number of hydrogen-bond donors (Lipinski definition) is 1. The van der Waals surface area contributed by atoms with E-state index >= 15 is 0 Å². The SMILES string of the molecule is Cc1ccc(CNc2cccc(N3CCCC3=O)c2)cn1. The largest absolute Gasteiger partial charge is 0.381 e. The molecule has 1 aliphatic heterocycles. The highest BCUT2D eigenvalue weighted by Crippen LogP contribution is 2.24. The van der Waals surface area contributed by atoms with E-state index in [2.05, 4.69) is 16.4 Å². The number of carbonyl (C=O) groups is 1. The van der Waals surface area contributed by atoms with Gasteiger partial charge in [-0.2, -0.15) is 0 Å². The third kappa shape index (κ3) is 3.21. The number of hydrogen-bond acceptors (Lipinski definition) is 3. The Hall–Kier alpha value is -2.36. The maximum atomic E-state index is 11.8. The molecule has 0 bridgehead atoms. The first-order valence-electron chi connectivity index (χ1n) is 7.28. The van der Waals surface area contributed by atoms with Gasteiger partial charge < -0.3 is 10.2 Å². The number of aromatic nitrogens is 1. The summed E-state index contributed by atoms with van der Waals surface area (Å²) in [4.78, 5) is 17.9. The summed E-state index contributed by atoms with van der Waals surface area (Å²) in [5.41, 5.74) is 4.16. The number of benzene rings is 1. The molecule has 2 heterocycles. The van der Waals surface area contributed by atoms with Crippen LogP contribution in [-0.4, -0.2) is 17.4 Å². The van der Waals surface area contributed by atoms with Gasteiger partial charge in [-0.25, -0.2) is 0 Å². The molecule has 1 amide bonds. The van der Waals surface area contributed by atoms with Crippen LogP contribution in [0.5, 0.6) is 0 Å². The van der Waals surface area contributed by atoms with Crippen molar-refractivity contribution in [2.45, 2.75) is 26.3 Å². The van der Waals surface area contributed by atoms with E-state index in [4.69, 9.17) is 0 Å². The van der Waals surface area contributed by atoms with Crippen LogP contribution in [0.4, 0.5) is 11.4 Å². The van der Waals surface area contributed by atoms with Crippen molar-refractivity contribution in [1.29, 1.82) is 0 Å². The van der Waals surface area contributed by atoms with Gasteiger partial charge in [-0.3, -0.25) is 9.78 Å². The predicted molar refractivity (Wildman–Crippen MR) is 84.3 cm³/mol. The summed E-state index contributed by atoms with van der Waals surface area (Å²) in [5.74, 6) is 0.217. The van der Waals surface area contributed by atoms with Crippen LogP contribution in [0, 0.1) is 6.92 Å². The van der Waals surface area contributed by atoms with Gasteiger partial charge >= 0.3 is 0 Å². The lowest BCUT2D eigenvalue weighted by atomic mass is 10.2. The maximum Gasteiger partial charge on any atom is 0.227 e. The molecular formula is C17H19N3O. The number of rotatable bonds is 4. The highest BCUT2D eigenvalue weighted by Gasteiger charge is 2.21. The first kappa shape index (κ1) is 13.6. The second kappa shape index (κ2) is 5.95. The van der Waals surface area contributed by atoms with Gasteiger partial charge in [0.1, 0.15) is 0 Å².